The summed E-state index contributed by atoms with van der Waals surface area (Å²) in [5.41, 5.74) is -1.12. The van der Waals surface area contributed by atoms with Crippen LogP contribution in [0.3, 0.4) is 0 Å². The minimum absolute atomic E-state index is 0.0346. The molecule has 0 N–H and O–H groups in total. The van der Waals surface area contributed by atoms with E-state index in [1.807, 2.05) is 0 Å². The average Bonchev–Trinajstić information content (AvgIpc) is 3.09. The molecule has 1 saturated heterocycles. The molecule has 1 aliphatic heterocycles. The molecule has 1 aromatic heterocycles. The van der Waals surface area contributed by atoms with Gasteiger partial charge in [-0.15, -0.1) is 0 Å². The van der Waals surface area contributed by atoms with Gasteiger partial charge in [0.05, 0.1) is 22.6 Å². The van der Waals surface area contributed by atoms with Gasteiger partial charge in [-0.25, -0.2) is 0 Å². The van der Waals surface area contributed by atoms with E-state index in [9.17, 15) is 31.1 Å². The lowest BCUT2D eigenvalue weighted by Gasteiger charge is -2.23. The number of ether oxygens (including phenoxy) is 1. The van der Waals surface area contributed by atoms with Crippen LogP contribution in [-0.2, 0) is 11.6 Å². The molecular formula is C19H14F6N4O3. The maximum atomic E-state index is 13.1. The number of likely N-dealkylation sites (tertiary alicyclic amines) is 1. The van der Waals surface area contributed by atoms with E-state index in [4.69, 9.17) is 10.00 Å². The van der Waals surface area contributed by atoms with Crippen molar-refractivity contribution in [2.75, 3.05) is 13.1 Å². The number of benzene rings is 1. The number of fused-ring (bicyclic) bond motifs is 1. The quantitative estimate of drug-likeness (QED) is 0.647. The summed E-state index contributed by atoms with van der Waals surface area (Å²) < 4.78 is 86.3. The van der Waals surface area contributed by atoms with E-state index in [0.29, 0.717) is 6.42 Å². The summed E-state index contributed by atoms with van der Waals surface area (Å²) in [6, 6.07) is 5.25. The van der Waals surface area contributed by atoms with Gasteiger partial charge in [-0.1, -0.05) is 5.16 Å². The molecule has 1 aliphatic carbocycles. The fraction of sp³-hybridized carbons (Fsp3) is 0.474. The molecule has 3 atom stereocenters. The Kier molecular flexibility index (Phi) is 4.87. The van der Waals surface area contributed by atoms with Gasteiger partial charge >= 0.3 is 18.2 Å². The second-order valence-corrected chi connectivity index (χ2v) is 7.79. The van der Waals surface area contributed by atoms with Crippen molar-refractivity contribution < 1.29 is 40.4 Å². The predicted octanol–water partition coefficient (Wildman–Crippen LogP) is 3.70. The van der Waals surface area contributed by atoms with Crippen molar-refractivity contribution in [1.82, 2.24) is 15.0 Å². The van der Waals surface area contributed by atoms with Gasteiger partial charge < -0.3 is 14.2 Å². The summed E-state index contributed by atoms with van der Waals surface area (Å²) in [5, 5.41) is 12.5. The Balaban J connectivity index is 1.58. The third kappa shape index (κ3) is 3.74. The molecule has 32 heavy (non-hydrogen) atoms. The number of nitrogens with zero attached hydrogens (tertiary/aromatic N) is 4. The number of amides is 1. The van der Waals surface area contributed by atoms with Crippen LogP contribution in [0.25, 0.3) is 0 Å². The molecule has 2 fully saturated rings. The zero-order valence-corrected chi connectivity index (χ0v) is 16.3. The molecule has 2 heterocycles. The first-order chi connectivity index (χ1) is 14.8. The van der Waals surface area contributed by atoms with Crippen LogP contribution >= 0.6 is 0 Å². The molecule has 13 heteroatoms. The Morgan fingerprint density at radius 3 is 2.66 bits per heavy atom. The van der Waals surface area contributed by atoms with Crippen LogP contribution in [0.1, 0.15) is 41.0 Å². The average molecular weight is 460 g/mol. The van der Waals surface area contributed by atoms with E-state index in [1.165, 1.54) is 11.0 Å². The maximum Gasteiger partial charge on any atom is 0.471 e. The van der Waals surface area contributed by atoms with E-state index in [0.717, 1.165) is 19.1 Å². The Bertz CT molecular complexity index is 1110. The molecular weight excluding hydrogens is 446 g/mol. The first-order valence-corrected chi connectivity index (χ1v) is 9.33. The fourth-order valence-corrected chi connectivity index (χ4v) is 3.82. The second-order valence-electron chi connectivity index (χ2n) is 7.79. The van der Waals surface area contributed by atoms with Crippen molar-refractivity contribution >= 4 is 5.91 Å². The molecule has 0 bridgehead atoms. The molecule has 2 aliphatic rings. The minimum Gasteiger partial charge on any atom is -0.480 e. The number of piperidine rings is 1. The van der Waals surface area contributed by atoms with Crippen molar-refractivity contribution in [2.24, 2.45) is 5.92 Å². The predicted molar refractivity (Wildman–Crippen MR) is 92.3 cm³/mol. The van der Waals surface area contributed by atoms with Gasteiger partial charge in [-0.3, -0.25) is 4.79 Å². The summed E-state index contributed by atoms with van der Waals surface area (Å²) in [5.74, 6) is -2.94. The van der Waals surface area contributed by atoms with E-state index in [-0.39, 0.29) is 41.7 Å². The van der Waals surface area contributed by atoms with Crippen molar-refractivity contribution in [2.45, 2.75) is 37.2 Å². The van der Waals surface area contributed by atoms with Gasteiger partial charge in [0.2, 0.25) is 0 Å². The van der Waals surface area contributed by atoms with Crippen molar-refractivity contribution in [3.05, 3.63) is 41.0 Å². The topological polar surface area (TPSA) is 92.2 Å². The molecule has 0 spiro atoms. The van der Waals surface area contributed by atoms with Crippen molar-refractivity contribution in [3.63, 3.8) is 0 Å². The molecule has 1 saturated carbocycles. The summed E-state index contributed by atoms with van der Waals surface area (Å²) in [7, 11) is 0. The number of hydrogen-bond donors (Lipinski definition) is 0. The van der Waals surface area contributed by atoms with Gasteiger partial charge in [0.1, 0.15) is 5.75 Å². The second kappa shape index (κ2) is 7.11. The van der Waals surface area contributed by atoms with E-state index >= 15 is 0 Å². The summed E-state index contributed by atoms with van der Waals surface area (Å²) in [6.45, 7) is 0.874. The first kappa shape index (κ1) is 21.9. The van der Waals surface area contributed by atoms with Crippen LogP contribution in [0.5, 0.6) is 5.75 Å². The summed E-state index contributed by atoms with van der Waals surface area (Å²) in [6.07, 6.45) is -11.2. The molecule has 7 nitrogen and oxygen atoms in total. The number of halogens is 6. The molecule has 170 valence electrons. The van der Waals surface area contributed by atoms with Gasteiger partial charge in [0.15, 0.2) is 11.9 Å². The van der Waals surface area contributed by atoms with E-state index in [2.05, 4.69) is 14.7 Å². The van der Waals surface area contributed by atoms with Crippen molar-refractivity contribution in [3.8, 4) is 11.8 Å². The fourth-order valence-electron chi connectivity index (χ4n) is 3.82. The highest BCUT2D eigenvalue weighted by atomic mass is 19.4. The number of carbonyl (C=O) groups excluding carboxylic acids is 1. The third-order valence-electron chi connectivity index (χ3n) is 5.65. The molecule has 4 rings (SSSR count). The van der Waals surface area contributed by atoms with Gasteiger partial charge in [0.25, 0.3) is 5.91 Å². The number of carbonyl (C=O) groups is 1. The van der Waals surface area contributed by atoms with Gasteiger partial charge in [-0.05, 0) is 37.5 Å². The zero-order valence-electron chi connectivity index (χ0n) is 16.3. The lowest BCUT2D eigenvalue weighted by molar-refractivity contribution is -0.189. The Morgan fingerprint density at radius 1 is 1.34 bits per heavy atom. The van der Waals surface area contributed by atoms with E-state index in [1.54, 1.807) is 6.07 Å². The maximum absolute atomic E-state index is 13.1. The van der Waals surface area contributed by atoms with Crippen LogP contribution < -0.4 is 4.74 Å². The van der Waals surface area contributed by atoms with Crippen LogP contribution in [0, 0.1) is 17.2 Å². The third-order valence-corrected chi connectivity index (χ3v) is 5.65. The van der Waals surface area contributed by atoms with Crippen LogP contribution in [0.15, 0.2) is 22.7 Å². The monoisotopic (exact) mass is 460 g/mol. The molecule has 1 aromatic carbocycles. The molecule has 2 aromatic rings. The van der Waals surface area contributed by atoms with Crippen LogP contribution in [0.4, 0.5) is 26.3 Å². The van der Waals surface area contributed by atoms with Crippen LogP contribution in [-0.4, -0.2) is 46.3 Å². The van der Waals surface area contributed by atoms with Crippen LogP contribution in [0.2, 0.25) is 0 Å². The Hall–Kier alpha value is -3.30. The highest BCUT2D eigenvalue weighted by molar-refractivity contribution is 5.97. The highest BCUT2D eigenvalue weighted by Crippen LogP contribution is 2.58. The Morgan fingerprint density at radius 2 is 2.06 bits per heavy atom. The molecule has 2 unspecified atom stereocenters. The lowest BCUT2D eigenvalue weighted by Crippen LogP contribution is -2.35. The highest BCUT2D eigenvalue weighted by Gasteiger charge is 2.65. The SMILES string of the molecule is C[C@H](Oc1ccc(C#N)cc1C(=O)N1CC2CC2(c2noc(C(F)(F)F)n2)C1)C(F)(F)F. The lowest BCUT2D eigenvalue weighted by atomic mass is 10.1. The number of nitriles is 1. The standard InChI is InChI=1S/C19H14F6N4O3/c1-9(18(20,21)22)31-13-3-2-10(6-26)4-12(13)14(30)29-7-11-5-17(11,8-29)15-27-16(32-28-15)19(23,24)25/h2-4,9,11H,5,7-8H2,1H3/t9-,11?,17?/m0/s1. The minimum atomic E-state index is -4.81. The smallest absolute Gasteiger partial charge is 0.471 e. The number of rotatable bonds is 4. The van der Waals surface area contributed by atoms with Gasteiger partial charge in [-0.2, -0.15) is 36.6 Å². The summed E-state index contributed by atoms with van der Waals surface area (Å²) >= 11 is 0. The van der Waals surface area contributed by atoms with Gasteiger partial charge in [0, 0.05) is 13.1 Å². The molecule has 0 radical (unpaired) electrons. The number of aromatic nitrogens is 2. The summed E-state index contributed by atoms with van der Waals surface area (Å²) in [4.78, 5) is 17.8. The zero-order chi connectivity index (χ0) is 23.5. The van der Waals surface area contributed by atoms with E-state index < -0.39 is 35.7 Å². The normalized spacial score (nSPS) is 23.4. The molecule has 1 amide bonds. The Labute approximate surface area is 176 Å². The first-order valence-electron chi connectivity index (χ1n) is 9.33. The largest absolute Gasteiger partial charge is 0.480 e. The number of hydrogen-bond acceptors (Lipinski definition) is 6. The van der Waals surface area contributed by atoms with Crippen molar-refractivity contribution in [1.29, 1.82) is 5.26 Å². The number of alkyl halides is 6.